The van der Waals surface area contributed by atoms with Gasteiger partial charge in [0.15, 0.2) is 0 Å². The molecular weight excluding hydrogens is 288 g/mol. The van der Waals surface area contributed by atoms with Gasteiger partial charge in [-0.1, -0.05) is 6.07 Å². The minimum Gasteiger partial charge on any atom is -0.478 e. The Balaban J connectivity index is 0.000000235. The zero-order valence-electron chi connectivity index (χ0n) is 12.1. The van der Waals surface area contributed by atoms with E-state index in [-0.39, 0.29) is 23.3 Å². The zero-order chi connectivity index (χ0) is 16.5. The van der Waals surface area contributed by atoms with Crippen molar-refractivity contribution in [3.8, 4) is 0 Å². The van der Waals surface area contributed by atoms with E-state index < -0.39 is 11.9 Å². The summed E-state index contributed by atoms with van der Waals surface area (Å²) in [7, 11) is 0. The van der Waals surface area contributed by atoms with Crippen molar-refractivity contribution < 1.29 is 24.9 Å². The molecule has 0 radical (unpaired) electrons. The predicted octanol–water partition coefficient (Wildman–Crippen LogP) is 1.73. The van der Waals surface area contributed by atoms with Crippen LogP contribution in [0, 0.1) is 6.92 Å². The number of aliphatic hydroxyl groups excluding tert-OH is 1. The second kappa shape index (κ2) is 8.58. The predicted molar refractivity (Wildman–Crippen MR) is 79.1 cm³/mol. The maximum absolute atomic E-state index is 10.6. The van der Waals surface area contributed by atoms with Crippen LogP contribution in [-0.4, -0.2) is 43.8 Å². The molecule has 1 heterocycles. The number of benzene rings is 1. The van der Waals surface area contributed by atoms with Gasteiger partial charge in [-0.05, 0) is 31.0 Å². The van der Waals surface area contributed by atoms with Crippen molar-refractivity contribution in [2.75, 3.05) is 6.61 Å². The van der Waals surface area contributed by atoms with Gasteiger partial charge in [-0.2, -0.15) is 0 Å². The fraction of sp³-hybridized carbons (Fsp3) is 0.267. The minimum absolute atomic E-state index is 0.0277. The van der Waals surface area contributed by atoms with Crippen molar-refractivity contribution in [1.29, 1.82) is 0 Å². The molecule has 0 saturated carbocycles. The summed E-state index contributed by atoms with van der Waals surface area (Å²) in [4.78, 5) is 28.1. The standard InChI is InChI=1S/C9H8O4.C6H10N2O/c1-5-6(8(10)11)3-2-4-7(5)9(12)13;9-5-1-2-6-7-3-4-8-6/h2-4H,1H3,(H,10,11)(H,12,13);3-4,9H,1-2,5H2,(H,7,8). The van der Waals surface area contributed by atoms with E-state index in [2.05, 4.69) is 9.97 Å². The van der Waals surface area contributed by atoms with Crippen LogP contribution in [0.3, 0.4) is 0 Å². The molecule has 22 heavy (non-hydrogen) atoms. The largest absolute Gasteiger partial charge is 0.478 e. The molecule has 0 amide bonds. The van der Waals surface area contributed by atoms with Crippen LogP contribution in [0.25, 0.3) is 0 Å². The molecule has 0 aliphatic rings. The number of hydrogen-bond acceptors (Lipinski definition) is 4. The van der Waals surface area contributed by atoms with Gasteiger partial charge in [-0.25, -0.2) is 14.6 Å². The first-order valence-corrected chi connectivity index (χ1v) is 6.62. The Hall–Kier alpha value is -2.67. The maximum Gasteiger partial charge on any atom is 0.335 e. The fourth-order valence-electron chi connectivity index (χ4n) is 1.78. The van der Waals surface area contributed by atoms with Gasteiger partial charge in [-0.3, -0.25) is 0 Å². The number of rotatable bonds is 5. The Bertz CT molecular complexity index is 591. The Labute approximate surface area is 127 Å². The number of nitrogens with zero attached hydrogens (tertiary/aromatic N) is 1. The highest BCUT2D eigenvalue weighted by Crippen LogP contribution is 2.13. The van der Waals surface area contributed by atoms with Crippen LogP contribution in [0.4, 0.5) is 0 Å². The summed E-state index contributed by atoms with van der Waals surface area (Å²) in [5.41, 5.74) is 0.335. The molecule has 118 valence electrons. The molecule has 4 N–H and O–H groups in total. The Morgan fingerprint density at radius 1 is 1.18 bits per heavy atom. The van der Waals surface area contributed by atoms with Gasteiger partial charge in [0.25, 0.3) is 0 Å². The van der Waals surface area contributed by atoms with E-state index in [1.807, 2.05) is 0 Å². The summed E-state index contributed by atoms with van der Waals surface area (Å²) in [5.74, 6) is -1.27. The summed E-state index contributed by atoms with van der Waals surface area (Å²) in [5, 5.41) is 25.8. The molecule has 0 aliphatic carbocycles. The second-order valence-electron chi connectivity index (χ2n) is 4.45. The van der Waals surface area contributed by atoms with Crippen LogP contribution in [0.2, 0.25) is 0 Å². The number of aromatic carboxylic acids is 2. The Kier molecular flexibility index (Phi) is 6.78. The number of carboxylic acid groups (broad SMARTS) is 2. The smallest absolute Gasteiger partial charge is 0.335 e. The molecule has 0 spiro atoms. The monoisotopic (exact) mass is 306 g/mol. The average molecular weight is 306 g/mol. The van der Waals surface area contributed by atoms with Crippen molar-refractivity contribution in [2.45, 2.75) is 19.8 Å². The van der Waals surface area contributed by atoms with E-state index in [4.69, 9.17) is 15.3 Å². The highest BCUT2D eigenvalue weighted by atomic mass is 16.4. The molecule has 0 bridgehead atoms. The van der Waals surface area contributed by atoms with Crippen molar-refractivity contribution >= 4 is 11.9 Å². The number of aliphatic hydroxyl groups is 1. The lowest BCUT2D eigenvalue weighted by molar-refractivity contribution is 0.0696. The van der Waals surface area contributed by atoms with Gasteiger partial charge in [0.2, 0.25) is 0 Å². The highest BCUT2D eigenvalue weighted by molar-refractivity contribution is 5.96. The van der Waals surface area contributed by atoms with Crippen LogP contribution in [0.15, 0.2) is 30.6 Å². The third-order valence-corrected chi connectivity index (χ3v) is 2.92. The molecule has 0 fully saturated rings. The molecule has 2 aromatic rings. The average Bonchev–Trinajstić information content (AvgIpc) is 2.98. The van der Waals surface area contributed by atoms with E-state index >= 15 is 0 Å². The number of nitrogens with one attached hydrogen (secondary N) is 1. The minimum atomic E-state index is -1.11. The van der Waals surface area contributed by atoms with E-state index in [0.717, 1.165) is 18.7 Å². The highest BCUT2D eigenvalue weighted by Gasteiger charge is 2.13. The molecule has 1 aromatic carbocycles. The molecule has 0 atom stereocenters. The number of aromatic nitrogens is 2. The summed E-state index contributed by atoms with van der Waals surface area (Å²) >= 11 is 0. The second-order valence-corrected chi connectivity index (χ2v) is 4.45. The van der Waals surface area contributed by atoms with E-state index in [0.29, 0.717) is 0 Å². The maximum atomic E-state index is 10.6. The van der Waals surface area contributed by atoms with Crippen molar-refractivity contribution in [3.05, 3.63) is 53.1 Å². The normalized spacial score (nSPS) is 9.73. The van der Waals surface area contributed by atoms with Crippen LogP contribution >= 0.6 is 0 Å². The molecule has 0 saturated heterocycles. The summed E-state index contributed by atoms with van der Waals surface area (Å²) in [6.07, 6.45) is 5.12. The molecular formula is C15H18N2O5. The third kappa shape index (κ3) is 5.02. The van der Waals surface area contributed by atoms with Gasteiger partial charge in [0.1, 0.15) is 5.82 Å². The molecule has 0 unspecified atom stereocenters. The lowest BCUT2D eigenvalue weighted by Crippen LogP contribution is -2.06. The van der Waals surface area contributed by atoms with Crippen molar-refractivity contribution in [3.63, 3.8) is 0 Å². The number of H-pyrrole nitrogens is 1. The van der Waals surface area contributed by atoms with Crippen LogP contribution in [-0.2, 0) is 6.42 Å². The molecule has 1 aromatic heterocycles. The van der Waals surface area contributed by atoms with Gasteiger partial charge >= 0.3 is 11.9 Å². The molecule has 7 nitrogen and oxygen atoms in total. The van der Waals surface area contributed by atoms with E-state index in [1.165, 1.54) is 25.1 Å². The first-order valence-electron chi connectivity index (χ1n) is 6.62. The van der Waals surface area contributed by atoms with Gasteiger partial charge < -0.3 is 20.3 Å². The number of carboxylic acids is 2. The summed E-state index contributed by atoms with van der Waals surface area (Å²) in [6.45, 7) is 1.72. The van der Waals surface area contributed by atoms with Crippen LogP contribution in [0.5, 0.6) is 0 Å². The lowest BCUT2D eigenvalue weighted by atomic mass is 10.0. The topological polar surface area (TPSA) is 124 Å². The molecule has 7 heteroatoms. The third-order valence-electron chi connectivity index (χ3n) is 2.92. The quantitative estimate of drug-likeness (QED) is 0.667. The van der Waals surface area contributed by atoms with Gasteiger partial charge in [0, 0.05) is 25.4 Å². The van der Waals surface area contributed by atoms with E-state index in [9.17, 15) is 9.59 Å². The summed E-state index contributed by atoms with van der Waals surface area (Å²) < 4.78 is 0. The Morgan fingerprint density at radius 3 is 2.18 bits per heavy atom. The molecule has 2 rings (SSSR count). The number of imidazole rings is 1. The van der Waals surface area contributed by atoms with E-state index in [1.54, 1.807) is 12.4 Å². The summed E-state index contributed by atoms with van der Waals surface area (Å²) in [6, 6.07) is 4.17. The first-order chi connectivity index (χ1) is 10.5. The lowest BCUT2D eigenvalue weighted by Gasteiger charge is -2.03. The van der Waals surface area contributed by atoms with Crippen LogP contribution in [0.1, 0.15) is 38.5 Å². The van der Waals surface area contributed by atoms with Gasteiger partial charge in [0.05, 0.1) is 11.1 Å². The number of carbonyl (C=O) groups is 2. The number of aromatic amines is 1. The molecule has 0 aliphatic heterocycles. The SMILES string of the molecule is Cc1c(C(=O)O)cccc1C(=O)O.OCCCc1ncc[nH]1. The Morgan fingerprint density at radius 2 is 1.77 bits per heavy atom. The number of hydrogen-bond donors (Lipinski definition) is 4. The van der Waals surface area contributed by atoms with Crippen molar-refractivity contribution in [2.24, 2.45) is 0 Å². The first kappa shape index (κ1) is 17.4. The fourth-order valence-corrected chi connectivity index (χ4v) is 1.78. The van der Waals surface area contributed by atoms with Gasteiger partial charge in [-0.15, -0.1) is 0 Å². The van der Waals surface area contributed by atoms with Crippen LogP contribution < -0.4 is 0 Å². The van der Waals surface area contributed by atoms with Crippen molar-refractivity contribution in [1.82, 2.24) is 9.97 Å². The number of aryl methyl sites for hydroxylation is 1. The zero-order valence-corrected chi connectivity index (χ0v) is 12.1.